The highest BCUT2D eigenvalue weighted by Crippen LogP contribution is 2.55. The number of allylic oxidation sites excluding steroid dienone is 2. The molecule has 23 heavy (non-hydrogen) atoms. The fourth-order valence-electron chi connectivity index (χ4n) is 4.69. The summed E-state index contributed by atoms with van der Waals surface area (Å²) in [6.07, 6.45) is 6.39. The zero-order valence-electron chi connectivity index (χ0n) is 13.7. The molecule has 2 aliphatic carbocycles. The lowest BCUT2D eigenvalue weighted by Gasteiger charge is -2.40. The molecule has 0 aliphatic heterocycles. The van der Waals surface area contributed by atoms with Crippen LogP contribution in [0.3, 0.4) is 0 Å². The van der Waals surface area contributed by atoms with E-state index in [1.807, 2.05) is 19.1 Å². The third-order valence-electron chi connectivity index (χ3n) is 5.86. The Kier molecular flexibility index (Phi) is 4.21. The SMILES string of the molecule is C[C@H](CS(=O)(=O)c1ccccc1)[C@H]1CC[C@@H]2C(=O)C=CC[C@@]21C. The lowest BCUT2D eigenvalue weighted by atomic mass is 9.64. The summed E-state index contributed by atoms with van der Waals surface area (Å²) in [4.78, 5) is 12.5. The zero-order chi connectivity index (χ0) is 16.7. The minimum Gasteiger partial charge on any atom is -0.295 e. The topological polar surface area (TPSA) is 51.2 Å². The van der Waals surface area contributed by atoms with Gasteiger partial charge in [-0.25, -0.2) is 8.42 Å². The predicted octanol–water partition coefficient (Wildman–Crippen LogP) is 3.66. The highest BCUT2D eigenvalue weighted by Gasteiger charge is 2.51. The largest absolute Gasteiger partial charge is 0.295 e. The Bertz CT molecular complexity index is 720. The summed E-state index contributed by atoms with van der Waals surface area (Å²) >= 11 is 0. The maximum atomic E-state index is 12.6. The second-order valence-corrected chi connectivity index (χ2v) is 9.36. The number of carbonyl (C=O) groups is 1. The molecular formula is C19H24O3S. The van der Waals surface area contributed by atoms with Crippen molar-refractivity contribution in [3.63, 3.8) is 0 Å². The molecule has 0 saturated heterocycles. The molecule has 0 spiro atoms. The van der Waals surface area contributed by atoms with E-state index in [1.54, 1.807) is 30.3 Å². The van der Waals surface area contributed by atoms with Crippen LogP contribution < -0.4 is 0 Å². The summed E-state index contributed by atoms with van der Waals surface area (Å²) in [5.74, 6) is 0.773. The highest BCUT2D eigenvalue weighted by molar-refractivity contribution is 7.91. The van der Waals surface area contributed by atoms with E-state index < -0.39 is 9.84 Å². The molecule has 1 aromatic carbocycles. The van der Waals surface area contributed by atoms with Crippen LogP contribution in [-0.4, -0.2) is 20.0 Å². The minimum atomic E-state index is -3.28. The van der Waals surface area contributed by atoms with E-state index >= 15 is 0 Å². The van der Waals surface area contributed by atoms with Crippen molar-refractivity contribution in [1.29, 1.82) is 0 Å². The quantitative estimate of drug-likeness (QED) is 0.845. The van der Waals surface area contributed by atoms with Gasteiger partial charge in [0.1, 0.15) is 0 Å². The molecule has 3 nitrogen and oxygen atoms in total. The molecule has 0 heterocycles. The average molecular weight is 332 g/mol. The van der Waals surface area contributed by atoms with Crippen LogP contribution >= 0.6 is 0 Å². The van der Waals surface area contributed by atoms with Gasteiger partial charge in [-0.15, -0.1) is 0 Å². The molecule has 1 aromatic rings. The van der Waals surface area contributed by atoms with E-state index in [2.05, 4.69) is 6.92 Å². The van der Waals surface area contributed by atoms with Gasteiger partial charge in [0.15, 0.2) is 15.6 Å². The van der Waals surface area contributed by atoms with Crippen LogP contribution in [0.2, 0.25) is 0 Å². The molecule has 3 rings (SSSR count). The molecule has 0 bridgehead atoms. The van der Waals surface area contributed by atoms with Crippen LogP contribution in [-0.2, 0) is 14.6 Å². The molecule has 124 valence electrons. The Balaban J connectivity index is 1.80. The van der Waals surface area contributed by atoms with Gasteiger partial charge in [0.05, 0.1) is 10.6 Å². The van der Waals surface area contributed by atoms with Crippen molar-refractivity contribution in [2.75, 3.05) is 5.75 Å². The molecule has 1 fully saturated rings. The molecule has 1 saturated carbocycles. The Hall–Kier alpha value is -1.42. The Morgan fingerprint density at radius 3 is 2.61 bits per heavy atom. The summed E-state index contributed by atoms with van der Waals surface area (Å²) in [5.41, 5.74) is -0.0859. The van der Waals surface area contributed by atoms with Gasteiger partial charge in [0.25, 0.3) is 0 Å². The van der Waals surface area contributed by atoms with E-state index in [0.29, 0.717) is 4.90 Å². The first-order valence-electron chi connectivity index (χ1n) is 8.33. The van der Waals surface area contributed by atoms with Crippen LogP contribution in [0.1, 0.15) is 33.1 Å². The standard InChI is InChI=1S/C19H24O3S/c1-14(13-23(21,22)15-7-4-3-5-8-15)16-10-11-17-18(20)9-6-12-19(16,17)2/h3-9,14,16-17H,10-13H2,1-2H3/t14-,16-,17-,19-/m1/s1. The maximum Gasteiger partial charge on any atom is 0.178 e. The first-order valence-corrected chi connectivity index (χ1v) is 9.98. The fourth-order valence-corrected chi connectivity index (χ4v) is 6.38. The first-order chi connectivity index (χ1) is 10.8. The number of sulfone groups is 1. The number of carbonyl (C=O) groups excluding carboxylic acids is 1. The molecule has 0 unspecified atom stereocenters. The molecule has 4 atom stereocenters. The van der Waals surface area contributed by atoms with Crippen molar-refractivity contribution in [1.82, 2.24) is 0 Å². The molecule has 0 N–H and O–H groups in total. The zero-order valence-corrected chi connectivity index (χ0v) is 14.6. The Morgan fingerprint density at radius 1 is 1.22 bits per heavy atom. The maximum absolute atomic E-state index is 12.6. The van der Waals surface area contributed by atoms with Gasteiger partial charge >= 0.3 is 0 Å². The molecular weight excluding hydrogens is 308 g/mol. The predicted molar refractivity (Wildman–Crippen MR) is 90.7 cm³/mol. The molecule has 0 radical (unpaired) electrons. The lowest BCUT2D eigenvalue weighted by molar-refractivity contribution is -0.122. The molecule has 0 aromatic heterocycles. The fraction of sp³-hybridized carbons (Fsp3) is 0.526. The van der Waals surface area contributed by atoms with Gasteiger partial charge in [0.2, 0.25) is 0 Å². The third-order valence-corrected chi connectivity index (χ3v) is 7.82. The monoisotopic (exact) mass is 332 g/mol. The van der Waals surface area contributed by atoms with E-state index in [0.717, 1.165) is 19.3 Å². The van der Waals surface area contributed by atoms with Gasteiger partial charge < -0.3 is 0 Å². The van der Waals surface area contributed by atoms with E-state index in [1.165, 1.54) is 0 Å². The minimum absolute atomic E-state index is 0.0505. The van der Waals surface area contributed by atoms with E-state index in [-0.39, 0.29) is 34.7 Å². The van der Waals surface area contributed by atoms with Crippen LogP contribution in [0, 0.1) is 23.2 Å². The van der Waals surface area contributed by atoms with E-state index in [9.17, 15) is 13.2 Å². The number of rotatable bonds is 4. The number of hydrogen-bond donors (Lipinski definition) is 0. The van der Waals surface area contributed by atoms with Crippen LogP contribution in [0.4, 0.5) is 0 Å². The number of hydrogen-bond acceptors (Lipinski definition) is 3. The second kappa shape index (κ2) is 5.90. The van der Waals surface area contributed by atoms with Crippen molar-refractivity contribution >= 4 is 15.6 Å². The number of fused-ring (bicyclic) bond motifs is 1. The van der Waals surface area contributed by atoms with Crippen molar-refractivity contribution < 1.29 is 13.2 Å². The Labute approximate surface area is 138 Å². The van der Waals surface area contributed by atoms with Crippen molar-refractivity contribution in [3.05, 3.63) is 42.5 Å². The lowest BCUT2D eigenvalue weighted by Crippen LogP contribution is -2.38. The smallest absolute Gasteiger partial charge is 0.178 e. The van der Waals surface area contributed by atoms with Gasteiger partial charge in [-0.05, 0) is 54.7 Å². The Morgan fingerprint density at radius 2 is 1.91 bits per heavy atom. The van der Waals surface area contributed by atoms with Crippen LogP contribution in [0.25, 0.3) is 0 Å². The van der Waals surface area contributed by atoms with Crippen molar-refractivity contribution in [2.24, 2.45) is 23.2 Å². The normalized spacial score (nSPS) is 31.8. The molecule has 2 aliphatic rings. The van der Waals surface area contributed by atoms with Gasteiger partial charge in [-0.3, -0.25) is 4.79 Å². The molecule has 4 heteroatoms. The summed E-state index contributed by atoms with van der Waals surface area (Å²) in [5, 5.41) is 0. The summed E-state index contributed by atoms with van der Waals surface area (Å²) in [6.45, 7) is 4.20. The van der Waals surface area contributed by atoms with Gasteiger partial charge in [-0.1, -0.05) is 38.1 Å². The number of ketones is 1. The third kappa shape index (κ3) is 2.89. The average Bonchev–Trinajstić information content (AvgIpc) is 2.86. The van der Waals surface area contributed by atoms with Crippen molar-refractivity contribution in [3.8, 4) is 0 Å². The summed E-state index contributed by atoms with van der Waals surface area (Å²) < 4.78 is 25.3. The summed E-state index contributed by atoms with van der Waals surface area (Å²) in [6, 6.07) is 8.66. The van der Waals surface area contributed by atoms with Crippen LogP contribution in [0.15, 0.2) is 47.4 Å². The summed E-state index contributed by atoms with van der Waals surface area (Å²) in [7, 11) is -3.28. The van der Waals surface area contributed by atoms with Crippen molar-refractivity contribution in [2.45, 2.75) is 38.0 Å². The second-order valence-electron chi connectivity index (χ2n) is 7.32. The van der Waals surface area contributed by atoms with Gasteiger partial charge in [-0.2, -0.15) is 0 Å². The van der Waals surface area contributed by atoms with Crippen LogP contribution in [0.5, 0.6) is 0 Å². The first kappa shape index (κ1) is 16.4. The molecule has 0 amide bonds. The number of benzene rings is 1. The van der Waals surface area contributed by atoms with E-state index in [4.69, 9.17) is 0 Å². The highest BCUT2D eigenvalue weighted by atomic mass is 32.2. The van der Waals surface area contributed by atoms with Gasteiger partial charge in [0, 0.05) is 5.92 Å².